The SMILES string of the molecule is CC[SiH](CC)O[Si](CCC(F)(F)F)(O[SiH](CC)CC)O[SiH](CC)CC. The summed E-state index contributed by atoms with van der Waals surface area (Å²) in [4.78, 5) is 0. The summed E-state index contributed by atoms with van der Waals surface area (Å²) in [6.07, 6.45) is -5.06. The predicted octanol–water partition coefficient (Wildman–Crippen LogP) is 5.22. The molecule has 0 aromatic rings. The quantitative estimate of drug-likeness (QED) is 0.351. The zero-order valence-electron chi connectivity index (χ0n) is 16.7. The third-order valence-electron chi connectivity index (χ3n) is 4.49. The molecular formula is C15H37F3O3Si4. The maximum atomic E-state index is 13.0. The van der Waals surface area contributed by atoms with Crippen molar-refractivity contribution in [2.24, 2.45) is 0 Å². The molecule has 0 fully saturated rings. The lowest BCUT2D eigenvalue weighted by Gasteiger charge is -2.38. The van der Waals surface area contributed by atoms with Crippen LogP contribution in [0.3, 0.4) is 0 Å². The van der Waals surface area contributed by atoms with E-state index in [1.807, 2.05) is 0 Å². The third-order valence-corrected chi connectivity index (χ3v) is 19.1. The molecule has 0 saturated carbocycles. The van der Waals surface area contributed by atoms with Crippen molar-refractivity contribution < 1.29 is 25.5 Å². The van der Waals surface area contributed by atoms with E-state index < -0.39 is 48.5 Å². The van der Waals surface area contributed by atoms with Gasteiger partial charge in [-0.2, -0.15) is 13.2 Å². The highest BCUT2D eigenvalue weighted by Gasteiger charge is 2.47. The summed E-state index contributed by atoms with van der Waals surface area (Å²) in [5.74, 6) is 0. The van der Waals surface area contributed by atoms with E-state index in [4.69, 9.17) is 12.3 Å². The van der Waals surface area contributed by atoms with Gasteiger partial charge >= 0.3 is 15.0 Å². The summed E-state index contributed by atoms with van der Waals surface area (Å²) >= 11 is 0. The highest BCUT2D eigenvalue weighted by molar-refractivity contribution is 6.81. The second kappa shape index (κ2) is 12.8. The molecule has 0 saturated heterocycles. The highest BCUT2D eigenvalue weighted by atomic mass is 28.5. The van der Waals surface area contributed by atoms with E-state index in [-0.39, 0.29) is 6.04 Å². The van der Waals surface area contributed by atoms with Crippen LogP contribution < -0.4 is 0 Å². The van der Waals surface area contributed by atoms with Crippen LogP contribution in [-0.4, -0.2) is 42.1 Å². The molecule has 10 heteroatoms. The topological polar surface area (TPSA) is 27.7 Å². The molecule has 3 nitrogen and oxygen atoms in total. The monoisotopic (exact) mass is 434 g/mol. The van der Waals surface area contributed by atoms with Gasteiger partial charge in [-0.1, -0.05) is 41.5 Å². The average Bonchev–Trinajstić information content (AvgIpc) is 2.59. The van der Waals surface area contributed by atoms with Crippen LogP contribution in [0.25, 0.3) is 0 Å². The zero-order valence-corrected chi connectivity index (χ0v) is 21.2. The van der Waals surface area contributed by atoms with E-state index in [0.29, 0.717) is 0 Å². The Bertz CT molecular complexity index is 300. The molecule has 0 aromatic heterocycles. The summed E-state index contributed by atoms with van der Waals surface area (Å²) in [6, 6.07) is 5.31. The van der Waals surface area contributed by atoms with E-state index in [1.54, 1.807) is 0 Å². The smallest absolute Gasteiger partial charge is 0.419 e. The molecule has 0 rings (SSSR count). The predicted molar refractivity (Wildman–Crippen MR) is 109 cm³/mol. The molecule has 0 amide bonds. The first-order valence-corrected chi connectivity index (χ1v) is 18.0. The van der Waals surface area contributed by atoms with Gasteiger partial charge in [0.05, 0.1) is 0 Å². The van der Waals surface area contributed by atoms with Gasteiger partial charge in [0.2, 0.25) is 0 Å². The van der Waals surface area contributed by atoms with Crippen molar-refractivity contribution in [1.82, 2.24) is 0 Å². The van der Waals surface area contributed by atoms with Gasteiger partial charge in [-0.25, -0.2) is 0 Å². The van der Waals surface area contributed by atoms with Gasteiger partial charge in [0.25, 0.3) is 0 Å². The lowest BCUT2D eigenvalue weighted by atomic mass is 10.5. The van der Waals surface area contributed by atoms with Gasteiger partial charge < -0.3 is 12.3 Å². The van der Waals surface area contributed by atoms with Gasteiger partial charge in [-0.05, 0) is 36.3 Å². The molecule has 0 bridgehead atoms. The van der Waals surface area contributed by atoms with Crippen molar-refractivity contribution in [1.29, 1.82) is 0 Å². The second-order valence-corrected chi connectivity index (χ2v) is 19.8. The van der Waals surface area contributed by atoms with Gasteiger partial charge in [0.1, 0.15) is 0 Å². The fraction of sp³-hybridized carbons (Fsp3) is 1.00. The molecule has 0 aromatic carbocycles. The number of hydrogen-bond donors (Lipinski definition) is 0. The lowest BCUT2D eigenvalue weighted by molar-refractivity contribution is -0.132. The number of halogens is 3. The summed E-state index contributed by atoms with van der Waals surface area (Å²) < 4.78 is 58.1. The standard InChI is InChI=1S/C15H37F3O3Si4/c1-7-22(8-2)19-25(14-13-15(16,17)18,20-23(9-3)10-4)21-24(11-5)12-6/h22-24H,7-14H2,1-6H3. The molecule has 0 radical (unpaired) electrons. The third kappa shape index (κ3) is 10.4. The Morgan fingerprint density at radius 3 is 1.12 bits per heavy atom. The van der Waals surface area contributed by atoms with Crippen LogP contribution in [-0.2, 0) is 12.3 Å². The van der Waals surface area contributed by atoms with Crippen molar-refractivity contribution >= 4 is 35.9 Å². The minimum atomic E-state index is -4.20. The Morgan fingerprint density at radius 2 is 0.920 bits per heavy atom. The summed E-state index contributed by atoms with van der Waals surface area (Å²) in [7, 11) is -7.98. The first-order chi connectivity index (χ1) is 11.7. The van der Waals surface area contributed by atoms with E-state index >= 15 is 0 Å². The molecule has 0 heterocycles. The Hall–Kier alpha value is 0.538. The van der Waals surface area contributed by atoms with Crippen LogP contribution in [0.15, 0.2) is 0 Å². The van der Waals surface area contributed by atoms with Crippen LogP contribution in [0, 0.1) is 0 Å². The van der Waals surface area contributed by atoms with Gasteiger partial charge in [-0.3, -0.25) is 0 Å². The van der Waals surface area contributed by atoms with E-state index in [9.17, 15) is 13.2 Å². The maximum absolute atomic E-state index is 13.0. The molecule has 0 aliphatic rings. The first kappa shape index (κ1) is 25.5. The van der Waals surface area contributed by atoms with Crippen LogP contribution in [0.4, 0.5) is 13.2 Å². The number of alkyl halides is 3. The fourth-order valence-electron chi connectivity index (χ4n) is 2.68. The van der Waals surface area contributed by atoms with Crippen molar-refractivity contribution in [3.8, 4) is 0 Å². The number of rotatable bonds is 14. The normalized spacial score (nSPS) is 13.4. The van der Waals surface area contributed by atoms with Gasteiger partial charge in [0.15, 0.2) is 27.1 Å². The molecule has 0 aliphatic heterocycles. The molecule has 152 valence electrons. The Labute approximate surface area is 158 Å². The summed E-state index contributed by atoms with van der Waals surface area (Å²) in [5.41, 5.74) is 0. The van der Waals surface area contributed by atoms with Gasteiger partial charge in [-0.15, -0.1) is 0 Å². The minimum Gasteiger partial charge on any atom is -0.419 e. The summed E-state index contributed by atoms with van der Waals surface area (Å²) in [5, 5.41) is 0. The molecule has 25 heavy (non-hydrogen) atoms. The number of hydrogen-bond acceptors (Lipinski definition) is 3. The molecule has 0 unspecified atom stereocenters. The first-order valence-electron chi connectivity index (χ1n) is 9.79. The largest absolute Gasteiger partial charge is 0.469 e. The van der Waals surface area contributed by atoms with Crippen molar-refractivity contribution in [3.63, 3.8) is 0 Å². The van der Waals surface area contributed by atoms with Crippen LogP contribution in [0.2, 0.25) is 42.3 Å². The maximum Gasteiger partial charge on any atom is 0.469 e. The van der Waals surface area contributed by atoms with Crippen LogP contribution in [0.1, 0.15) is 48.0 Å². The minimum absolute atomic E-state index is 0.104. The Balaban J connectivity index is 5.62. The average molecular weight is 435 g/mol. The molecule has 0 spiro atoms. The highest BCUT2D eigenvalue weighted by Crippen LogP contribution is 2.31. The van der Waals surface area contributed by atoms with Crippen molar-refractivity contribution in [2.75, 3.05) is 0 Å². The van der Waals surface area contributed by atoms with Crippen molar-refractivity contribution in [3.05, 3.63) is 0 Å². The molecular weight excluding hydrogens is 398 g/mol. The Morgan fingerprint density at radius 1 is 0.640 bits per heavy atom. The molecule has 0 N–H and O–H groups in total. The second-order valence-electron chi connectivity index (χ2n) is 6.47. The molecule has 0 atom stereocenters. The fourth-order valence-corrected chi connectivity index (χ4v) is 18.7. The van der Waals surface area contributed by atoms with E-state index in [0.717, 1.165) is 36.3 Å². The van der Waals surface area contributed by atoms with Gasteiger partial charge in [0, 0.05) is 12.5 Å². The summed E-state index contributed by atoms with van der Waals surface area (Å²) in [6.45, 7) is 12.4. The van der Waals surface area contributed by atoms with Crippen molar-refractivity contribution in [2.45, 2.75) is 96.4 Å². The zero-order chi connectivity index (χ0) is 19.5. The lowest BCUT2D eigenvalue weighted by Crippen LogP contribution is -2.55. The van der Waals surface area contributed by atoms with E-state index in [1.165, 1.54) is 0 Å². The van der Waals surface area contributed by atoms with E-state index in [2.05, 4.69) is 41.5 Å². The van der Waals surface area contributed by atoms with Crippen LogP contribution in [0.5, 0.6) is 0 Å². The molecule has 0 aliphatic carbocycles. The van der Waals surface area contributed by atoms with Crippen LogP contribution >= 0.6 is 0 Å². The Kier molecular flexibility index (Phi) is 13.1.